The van der Waals surface area contributed by atoms with Crippen LogP contribution >= 0.6 is 34.3 Å². The summed E-state index contributed by atoms with van der Waals surface area (Å²) >= 11 is 9.81. The van der Waals surface area contributed by atoms with Crippen molar-refractivity contribution in [2.45, 2.75) is 19.4 Å². The summed E-state index contributed by atoms with van der Waals surface area (Å²) in [6, 6.07) is 12.3. The molecule has 1 atom stereocenters. The number of nitrogens with zero attached hydrogens (tertiary/aromatic N) is 1. The number of halogens is 1. The number of thiophene rings is 2. The van der Waals surface area contributed by atoms with Crippen LogP contribution in [0.4, 0.5) is 5.69 Å². The summed E-state index contributed by atoms with van der Waals surface area (Å²) in [5, 5.41) is 7.79. The molecule has 1 aliphatic heterocycles. The quantitative estimate of drug-likeness (QED) is 0.637. The first-order valence-electron chi connectivity index (χ1n) is 8.51. The maximum absolute atomic E-state index is 12.7. The number of hydrogen-bond acceptors (Lipinski definition) is 4. The lowest BCUT2D eigenvalue weighted by Crippen LogP contribution is -2.40. The first-order chi connectivity index (χ1) is 12.6. The lowest BCUT2D eigenvalue weighted by Gasteiger charge is -2.34. The summed E-state index contributed by atoms with van der Waals surface area (Å²) in [7, 11) is 0. The standard InChI is InChI=1S/C20H19ClN2OS2/c1-13-4-5-16(15(21)11-13)22-19(24)12-23-8-6-17-14(7-10-26-17)20(23)18-3-2-9-25-18/h2-5,7,9-11,20H,6,8,12H2,1H3,(H,22,24)/t20-/m1/s1. The molecule has 2 aromatic heterocycles. The van der Waals surface area contributed by atoms with Crippen molar-refractivity contribution in [3.05, 3.63) is 73.1 Å². The number of amides is 1. The van der Waals surface area contributed by atoms with Gasteiger partial charge < -0.3 is 5.32 Å². The van der Waals surface area contributed by atoms with Crippen LogP contribution in [0.1, 0.15) is 26.9 Å². The maximum atomic E-state index is 12.7. The molecule has 1 amide bonds. The minimum absolute atomic E-state index is 0.0315. The fourth-order valence-corrected chi connectivity index (χ4v) is 5.48. The molecule has 1 aliphatic rings. The van der Waals surface area contributed by atoms with Gasteiger partial charge in [-0.3, -0.25) is 9.69 Å². The van der Waals surface area contributed by atoms with Gasteiger partial charge in [-0.05, 0) is 59.5 Å². The Morgan fingerprint density at radius 2 is 2.15 bits per heavy atom. The van der Waals surface area contributed by atoms with E-state index < -0.39 is 0 Å². The van der Waals surface area contributed by atoms with E-state index in [0.717, 1.165) is 18.5 Å². The van der Waals surface area contributed by atoms with Crippen molar-refractivity contribution in [2.24, 2.45) is 0 Å². The van der Waals surface area contributed by atoms with Crippen molar-refractivity contribution in [3.63, 3.8) is 0 Å². The van der Waals surface area contributed by atoms with Crippen molar-refractivity contribution in [1.29, 1.82) is 0 Å². The van der Waals surface area contributed by atoms with E-state index in [9.17, 15) is 4.79 Å². The molecule has 0 fully saturated rings. The van der Waals surface area contributed by atoms with Gasteiger partial charge in [-0.1, -0.05) is 23.7 Å². The molecule has 6 heteroatoms. The van der Waals surface area contributed by atoms with Crippen molar-refractivity contribution in [1.82, 2.24) is 4.90 Å². The molecule has 0 bridgehead atoms. The average molecular weight is 403 g/mol. The molecule has 3 nitrogen and oxygen atoms in total. The summed E-state index contributed by atoms with van der Waals surface area (Å²) in [6.07, 6.45) is 0.993. The Labute approximate surface area is 166 Å². The molecular weight excluding hydrogens is 384 g/mol. The monoisotopic (exact) mass is 402 g/mol. The zero-order valence-electron chi connectivity index (χ0n) is 14.4. The number of aryl methyl sites for hydroxylation is 1. The minimum Gasteiger partial charge on any atom is -0.324 e. The SMILES string of the molecule is Cc1ccc(NC(=O)CN2CCc3sccc3[C@@H]2c2cccs2)c(Cl)c1. The smallest absolute Gasteiger partial charge is 0.238 e. The van der Waals surface area contributed by atoms with Gasteiger partial charge in [0.25, 0.3) is 0 Å². The van der Waals surface area contributed by atoms with E-state index in [2.05, 4.69) is 39.2 Å². The highest BCUT2D eigenvalue weighted by molar-refractivity contribution is 7.10. The van der Waals surface area contributed by atoms with Crippen molar-refractivity contribution < 1.29 is 4.79 Å². The number of rotatable bonds is 4. The molecule has 4 rings (SSSR count). The van der Waals surface area contributed by atoms with Crippen LogP contribution in [0.25, 0.3) is 0 Å². The predicted octanol–water partition coefficient (Wildman–Crippen LogP) is 5.36. The van der Waals surface area contributed by atoms with E-state index in [-0.39, 0.29) is 11.9 Å². The van der Waals surface area contributed by atoms with Crippen LogP contribution in [0.3, 0.4) is 0 Å². The Morgan fingerprint density at radius 3 is 2.92 bits per heavy atom. The van der Waals surface area contributed by atoms with Gasteiger partial charge in [-0.15, -0.1) is 22.7 Å². The summed E-state index contributed by atoms with van der Waals surface area (Å²) < 4.78 is 0. The van der Waals surface area contributed by atoms with Gasteiger partial charge >= 0.3 is 0 Å². The van der Waals surface area contributed by atoms with Gasteiger partial charge in [0.15, 0.2) is 0 Å². The molecule has 0 unspecified atom stereocenters. The van der Waals surface area contributed by atoms with Crippen LogP contribution in [-0.4, -0.2) is 23.9 Å². The Kier molecular flexibility index (Phi) is 5.14. The van der Waals surface area contributed by atoms with Crippen molar-refractivity contribution in [3.8, 4) is 0 Å². The van der Waals surface area contributed by atoms with Gasteiger partial charge in [-0.2, -0.15) is 0 Å². The van der Waals surface area contributed by atoms with Gasteiger partial charge in [0.1, 0.15) is 0 Å². The van der Waals surface area contributed by atoms with Crippen molar-refractivity contribution in [2.75, 3.05) is 18.4 Å². The molecule has 0 saturated heterocycles. The molecule has 0 saturated carbocycles. The van der Waals surface area contributed by atoms with Crippen LogP contribution in [0.2, 0.25) is 5.02 Å². The summed E-state index contributed by atoms with van der Waals surface area (Å²) in [5.74, 6) is -0.0315. The first-order valence-corrected chi connectivity index (χ1v) is 10.7. The highest BCUT2D eigenvalue weighted by atomic mass is 35.5. The molecule has 0 radical (unpaired) electrons. The summed E-state index contributed by atoms with van der Waals surface area (Å²) in [4.78, 5) is 17.7. The van der Waals surface area contributed by atoms with E-state index in [1.165, 1.54) is 15.3 Å². The summed E-state index contributed by atoms with van der Waals surface area (Å²) in [5.41, 5.74) is 3.08. The third-order valence-corrected chi connectivity index (χ3v) is 6.86. The zero-order chi connectivity index (χ0) is 18.1. The predicted molar refractivity (Wildman–Crippen MR) is 111 cm³/mol. The Hall–Kier alpha value is -1.66. The summed E-state index contributed by atoms with van der Waals surface area (Å²) in [6.45, 7) is 3.21. The average Bonchev–Trinajstić information content (AvgIpc) is 3.28. The number of fused-ring (bicyclic) bond motifs is 1. The Morgan fingerprint density at radius 1 is 1.27 bits per heavy atom. The molecule has 3 heterocycles. The van der Waals surface area contributed by atoms with Crippen LogP contribution in [0.5, 0.6) is 0 Å². The molecule has 1 N–H and O–H groups in total. The van der Waals surface area contributed by atoms with E-state index >= 15 is 0 Å². The number of hydrogen-bond donors (Lipinski definition) is 1. The zero-order valence-corrected chi connectivity index (χ0v) is 16.8. The van der Waals surface area contributed by atoms with Gasteiger partial charge in [-0.25, -0.2) is 0 Å². The maximum Gasteiger partial charge on any atom is 0.238 e. The van der Waals surface area contributed by atoms with E-state index in [0.29, 0.717) is 17.3 Å². The largest absolute Gasteiger partial charge is 0.324 e. The Bertz CT molecular complexity index is 920. The normalized spacial score (nSPS) is 17.1. The van der Waals surface area contributed by atoms with Crippen LogP contribution < -0.4 is 5.32 Å². The van der Waals surface area contributed by atoms with Crippen LogP contribution in [0, 0.1) is 6.92 Å². The number of carbonyl (C=O) groups is 1. The second-order valence-corrected chi connectivity index (χ2v) is 8.86. The van der Waals surface area contributed by atoms with E-state index in [1.54, 1.807) is 11.3 Å². The molecule has 3 aromatic rings. The highest BCUT2D eigenvalue weighted by Gasteiger charge is 2.31. The Balaban J connectivity index is 1.54. The third kappa shape index (κ3) is 3.58. The lowest BCUT2D eigenvalue weighted by atomic mass is 9.98. The molecular formula is C20H19ClN2OS2. The fourth-order valence-electron chi connectivity index (χ4n) is 3.41. The van der Waals surface area contributed by atoms with E-state index in [4.69, 9.17) is 11.6 Å². The second kappa shape index (κ2) is 7.53. The van der Waals surface area contributed by atoms with Crippen molar-refractivity contribution >= 4 is 45.9 Å². The first kappa shape index (κ1) is 17.7. The van der Waals surface area contributed by atoms with Gasteiger partial charge in [0, 0.05) is 16.3 Å². The highest BCUT2D eigenvalue weighted by Crippen LogP contribution is 2.39. The topological polar surface area (TPSA) is 32.3 Å². The van der Waals surface area contributed by atoms with Crippen LogP contribution in [0.15, 0.2) is 47.2 Å². The molecule has 0 spiro atoms. The lowest BCUT2D eigenvalue weighted by molar-refractivity contribution is -0.117. The van der Waals surface area contributed by atoms with E-state index in [1.807, 2.05) is 36.5 Å². The van der Waals surface area contributed by atoms with Gasteiger partial charge in [0.2, 0.25) is 5.91 Å². The molecule has 1 aromatic carbocycles. The fraction of sp³-hybridized carbons (Fsp3) is 0.250. The number of benzene rings is 1. The molecule has 134 valence electrons. The second-order valence-electron chi connectivity index (χ2n) is 6.47. The third-order valence-electron chi connectivity index (χ3n) is 4.62. The number of carbonyl (C=O) groups excluding carboxylic acids is 1. The van der Waals surface area contributed by atoms with Crippen LogP contribution in [-0.2, 0) is 11.2 Å². The minimum atomic E-state index is -0.0315. The molecule has 0 aliphatic carbocycles. The number of anilines is 1. The van der Waals surface area contributed by atoms with Gasteiger partial charge in [0.05, 0.1) is 23.3 Å². The molecule has 26 heavy (non-hydrogen) atoms. The number of nitrogens with one attached hydrogen (secondary N) is 1.